The van der Waals surface area contributed by atoms with Crippen molar-refractivity contribution >= 4 is 50.5 Å². The third kappa shape index (κ3) is 3.75. The molecule has 0 radical (unpaired) electrons. The second kappa shape index (κ2) is 7.34. The summed E-state index contributed by atoms with van der Waals surface area (Å²) in [4.78, 5) is 12.6. The molecule has 9 heteroatoms. The lowest BCUT2D eigenvalue weighted by atomic mass is 10.2. The van der Waals surface area contributed by atoms with Gasteiger partial charge < -0.3 is 10.1 Å². The second-order valence-electron chi connectivity index (χ2n) is 5.62. The number of para-hydroxylation sites is 2. The first-order chi connectivity index (χ1) is 12.3. The molecule has 138 valence electrons. The third-order valence-electron chi connectivity index (χ3n) is 3.91. The average Bonchev–Trinajstić information content (AvgIpc) is 2.63. The predicted octanol–water partition coefficient (Wildman–Crippen LogP) is 3.55. The molecule has 2 aromatic carbocycles. The first kappa shape index (κ1) is 18.8. The summed E-state index contributed by atoms with van der Waals surface area (Å²) in [6.07, 6.45) is -0.999. The van der Waals surface area contributed by atoms with E-state index in [9.17, 15) is 13.2 Å². The third-order valence-corrected chi connectivity index (χ3v) is 6.40. The van der Waals surface area contributed by atoms with Gasteiger partial charge in [-0.15, -0.1) is 0 Å². The van der Waals surface area contributed by atoms with Gasteiger partial charge >= 0.3 is 0 Å². The highest BCUT2D eigenvalue weighted by Gasteiger charge is 2.35. The monoisotopic (exact) mass is 414 g/mol. The molecule has 1 heterocycles. The van der Waals surface area contributed by atoms with Gasteiger partial charge in [0.05, 0.1) is 28.0 Å². The molecule has 0 saturated carbocycles. The molecule has 26 heavy (non-hydrogen) atoms. The summed E-state index contributed by atoms with van der Waals surface area (Å²) >= 11 is 11.8. The van der Waals surface area contributed by atoms with Gasteiger partial charge in [-0.1, -0.05) is 35.3 Å². The van der Waals surface area contributed by atoms with Crippen LogP contribution in [0.25, 0.3) is 0 Å². The van der Waals surface area contributed by atoms with Crippen molar-refractivity contribution in [3.8, 4) is 5.75 Å². The van der Waals surface area contributed by atoms with Crippen molar-refractivity contribution in [2.24, 2.45) is 0 Å². The zero-order valence-corrected chi connectivity index (χ0v) is 16.1. The zero-order chi connectivity index (χ0) is 18.9. The van der Waals surface area contributed by atoms with E-state index in [0.717, 1.165) is 0 Å². The number of hydrogen-bond acceptors (Lipinski definition) is 4. The number of nitrogens with one attached hydrogen (secondary N) is 1. The molecule has 0 aliphatic carbocycles. The molecule has 1 aliphatic rings. The Morgan fingerprint density at radius 1 is 1.23 bits per heavy atom. The van der Waals surface area contributed by atoms with E-state index in [1.54, 1.807) is 43.3 Å². The first-order valence-electron chi connectivity index (χ1n) is 7.84. The van der Waals surface area contributed by atoms with Crippen molar-refractivity contribution < 1.29 is 17.9 Å². The maximum atomic E-state index is 12.6. The molecule has 2 aromatic rings. The molecule has 1 amide bonds. The van der Waals surface area contributed by atoms with Gasteiger partial charge in [0, 0.05) is 5.69 Å². The fourth-order valence-corrected chi connectivity index (χ4v) is 3.98. The minimum absolute atomic E-state index is 0.0809. The Balaban J connectivity index is 1.87. The van der Waals surface area contributed by atoms with Crippen molar-refractivity contribution in [3.63, 3.8) is 0 Å². The Labute approximate surface area is 161 Å². The Morgan fingerprint density at radius 3 is 2.65 bits per heavy atom. The lowest BCUT2D eigenvalue weighted by Gasteiger charge is -2.34. The molecule has 3 rings (SSSR count). The van der Waals surface area contributed by atoms with E-state index in [-0.39, 0.29) is 12.3 Å². The number of rotatable bonds is 4. The van der Waals surface area contributed by atoms with Crippen LogP contribution in [-0.4, -0.2) is 32.7 Å². The van der Waals surface area contributed by atoms with Gasteiger partial charge in [0.2, 0.25) is 10.0 Å². The fraction of sp³-hybridized carbons (Fsp3) is 0.235. The van der Waals surface area contributed by atoms with Crippen LogP contribution in [0.4, 0.5) is 11.4 Å². The van der Waals surface area contributed by atoms with Crippen LogP contribution in [-0.2, 0) is 14.8 Å². The summed E-state index contributed by atoms with van der Waals surface area (Å²) in [5.74, 6) is -0.220. The van der Waals surface area contributed by atoms with Gasteiger partial charge in [-0.3, -0.25) is 9.10 Å². The Morgan fingerprint density at radius 2 is 1.96 bits per heavy atom. The van der Waals surface area contributed by atoms with E-state index < -0.39 is 22.0 Å². The lowest BCUT2D eigenvalue weighted by molar-refractivity contribution is -0.122. The summed E-state index contributed by atoms with van der Waals surface area (Å²) in [7, 11) is -3.55. The van der Waals surface area contributed by atoms with Crippen molar-refractivity contribution in [2.45, 2.75) is 13.0 Å². The molecule has 1 atom stereocenters. The molecule has 0 spiro atoms. The van der Waals surface area contributed by atoms with Crippen LogP contribution in [0.5, 0.6) is 5.75 Å². The van der Waals surface area contributed by atoms with Crippen LogP contribution in [0.15, 0.2) is 42.5 Å². The van der Waals surface area contributed by atoms with Gasteiger partial charge in [-0.2, -0.15) is 0 Å². The molecule has 1 N–H and O–H groups in total. The summed E-state index contributed by atoms with van der Waals surface area (Å²) in [6.45, 7) is 1.44. The number of halogens is 2. The SMILES string of the molecule is CCS(=O)(=O)N1CC(C(=O)Nc2ccc(Cl)c(Cl)c2)Oc2ccccc21. The highest BCUT2D eigenvalue weighted by atomic mass is 35.5. The maximum absolute atomic E-state index is 12.6. The van der Waals surface area contributed by atoms with E-state index >= 15 is 0 Å². The van der Waals surface area contributed by atoms with Gasteiger partial charge in [-0.05, 0) is 37.3 Å². The molecular formula is C17H16Cl2N2O4S. The van der Waals surface area contributed by atoms with E-state index in [4.69, 9.17) is 27.9 Å². The lowest BCUT2D eigenvalue weighted by Crippen LogP contribution is -2.49. The number of anilines is 2. The number of hydrogen-bond donors (Lipinski definition) is 1. The predicted molar refractivity (Wildman–Crippen MR) is 103 cm³/mol. The number of benzene rings is 2. The summed E-state index contributed by atoms with van der Waals surface area (Å²) in [5.41, 5.74) is 0.865. The first-order valence-corrected chi connectivity index (χ1v) is 10.2. The van der Waals surface area contributed by atoms with Crippen LogP contribution < -0.4 is 14.4 Å². The number of amides is 1. The van der Waals surface area contributed by atoms with Crippen molar-refractivity contribution in [3.05, 3.63) is 52.5 Å². The highest BCUT2D eigenvalue weighted by molar-refractivity contribution is 7.92. The largest absolute Gasteiger partial charge is 0.476 e. The standard InChI is InChI=1S/C17H16Cl2N2O4S/c1-2-26(23,24)21-10-16(25-15-6-4-3-5-14(15)21)17(22)20-11-7-8-12(18)13(19)9-11/h3-9,16H,2,10H2,1H3,(H,20,22). The minimum atomic E-state index is -3.55. The van der Waals surface area contributed by atoms with Crippen molar-refractivity contribution in [1.29, 1.82) is 0 Å². The van der Waals surface area contributed by atoms with Gasteiger partial charge in [-0.25, -0.2) is 8.42 Å². The topological polar surface area (TPSA) is 75.7 Å². The van der Waals surface area contributed by atoms with E-state index in [1.165, 1.54) is 10.4 Å². The smallest absolute Gasteiger partial charge is 0.267 e. The molecule has 1 aliphatic heterocycles. The molecular weight excluding hydrogens is 399 g/mol. The Hall–Kier alpha value is -1.96. The van der Waals surface area contributed by atoms with Crippen molar-refractivity contribution in [2.75, 3.05) is 21.9 Å². The van der Waals surface area contributed by atoms with Crippen LogP contribution >= 0.6 is 23.2 Å². The second-order valence-corrected chi connectivity index (χ2v) is 8.62. The van der Waals surface area contributed by atoms with E-state index in [0.29, 0.717) is 27.2 Å². The quantitative estimate of drug-likeness (QED) is 0.829. The molecule has 0 saturated heterocycles. The van der Waals surface area contributed by atoms with E-state index in [1.807, 2.05) is 0 Å². The van der Waals surface area contributed by atoms with Crippen LogP contribution in [0.2, 0.25) is 10.0 Å². The number of carbonyl (C=O) groups is 1. The van der Waals surface area contributed by atoms with Crippen LogP contribution in [0.1, 0.15) is 6.92 Å². The fourth-order valence-electron chi connectivity index (χ4n) is 2.55. The molecule has 6 nitrogen and oxygen atoms in total. The normalized spacial score (nSPS) is 16.6. The van der Waals surface area contributed by atoms with Gasteiger partial charge in [0.15, 0.2) is 6.10 Å². The maximum Gasteiger partial charge on any atom is 0.267 e. The highest BCUT2D eigenvalue weighted by Crippen LogP contribution is 2.35. The summed E-state index contributed by atoms with van der Waals surface area (Å²) < 4.78 is 31.8. The van der Waals surface area contributed by atoms with Crippen LogP contribution in [0, 0.1) is 0 Å². The number of nitrogens with zero attached hydrogens (tertiary/aromatic N) is 1. The molecule has 0 bridgehead atoms. The Kier molecular flexibility index (Phi) is 5.32. The molecule has 1 unspecified atom stereocenters. The number of sulfonamides is 1. The van der Waals surface area contributed by atoms with Gasteiger partial charge in [0.25, 0.3) is 5.91 Å². The number of ether oxygens (including phenoxy) is 1. The molecule has 0 aromatic heterocycles. The average molecular weight is 415 g/mol. The zero-order valence-electron chi connectivity index (χ0n) is 13.8. The molecule has 0 fully saturated rings. The summed E-state index contributed by atoms with van der Waals surface area (Å²) in [6, 6.07) is 11.4. The van der Waals surface area contributed by atoms with Crippen molar-refractivity contribution in [1.82, 2.24) is 0 Å². The van der Waals surface area contributed by atoms with E-state index in [2.05, 4.69) is 5.32 Å². The summed E-state index contributed by atoms with van der Waals surface area (Å²) in [5, 5.41) is 3.34. The van der Waals surface area contributed by atoms with Crippen LogP contribution in [0.3, 0.4) is 0 Å². The minimum Gasteiger partial charge on any atom is -0.476 e. The number of fused-ring (bicyclic) bond motifs is 1. The Bertz CT molecular complexity index is 950. The number of carbonyl (C=O) groups excluding carboxylic acids is 1. The van der Waals surface area contributed by atoms with Gasteiger partial charge in [0.1, 0.15) is 5.75 Å².